The predicted molar refractivity (Wildman–Crippen MR) is 70.0 cm³/mol. The average molecular weight is 228 g/mol. The molecule has 1 fully saturated rings. The Kier molecular flexibility index (Phi) is 7.76. The Bertz CT molecular complexity index is 155. The van der Waals surface area contributed by atoms with E-state index in [9.17, 15) is 0 Å². The van der Waals surface area contributed by atoms with E-state index >= 15 is 0 Å². The van der Waals surface area contributed by atoms with E-state index < -0.39 is 0 Å². The second kappa shape index (κ2) is 8.93. The second-order valence-electron chi connectivity index (χ2n) is 4.60. The molecule has 0 aromatic heterocycles. The first-order valence-electron chi connectivity index (χ1n) is 6.65. The van der Waals surface area contributed by atoms with E-state index in [1.165, 1.54) is 39.1 Å². The number of hydrogen-bond acceptors (Lipinski definition) is 4. The zero-order valence-corrected chi connectivity index (χ0v) is 11.0. The van der Waals surface area contributed by atoms with Gasteiger partial charge in [0.1, 0.15) is 0 Å². The Morgan fingerprint density at radius 1 is 0.938 bits per heavy atom. The van der Waals surface area contributed by atoms with Crippen LogP contribution in [0.2, 0.25) is 0 Å². The van der Waals surface area contributed by atoms with Gasteiger partial charge in [0.25, 0.3) is 0 Å². The van der Waals surface area contributed by atoms with Gasteiger partial charge < -0.3 is 20.4 Å². The van der Waals surface area contributed by atoms with Crippen LogP contribution in [-0.2, 0) is 0 Å². The first-order valence-corrected chi connectivity index (χ1v) is 6.65. The standard InChI is InChI=1S/C12H28N4/c1-3-13-6-7-14-5-4-8-16-11-9-15(2)10-12-16/h13-14H,3-12H2,1-2H3. The van der Waals surface area contributed by atoms with Crippen LogP contribution in [0.4, 0.5) is 0 Å². The van der Waals surface area contributed by atoms with Gasteiger partial charge in [-0.25, -0.2) is 0 Å². The maximum Gasteiger partial charge on any atom is 0.0110 e. The number of piperazine rings is 1. The van der Waals surface area contributed by atoms with Gasteiger partial charge >= 0.3 is 0 Å². The van der Waals surface area contributed by atoms with Crippen LogP contribution in [0.5, 0.6) is 0 Å². The molecule has 1 heterocycles. The fourth-order valence-electron chi connectivity index (χ4n) is 1.98. The van der Waals surface area contributed by atoms with Gasteiger partial charge in [-0.2, -0.15) is 0 Å². The van der Waals surface area contributed by atoms with Crippen molar-refractivity contribution in [2.45, 2.75) is 13.3 Å². The highest BCUT2D eigenvalue weighted by atomic mass is 15.2. The summed E-state index contributed by atoms with van der Waals surface area (Å²) in [5, 5.41) is 6.78. The number of rotatable bonds is 8. The van der Waals surface area contributed by atoms with Crippen molar-refractivity contribution in [2.24, 2.45) is 0 Å². The van der Waals surface area contributed by atoms with Crippen LogP contribution in [0.15, 0.2) is 0 Å². The number of hydrogen-bond donors (Lipinski definition) is 2. The minimum Gasteiger partial charge on any atom is -0.316 e. The molecule has 0 atom stereocenters. The molecule has 0 saturated carbocycles. The highest BCUT2D eigenvalue weighted by molar-refractivity contribution is 4.69. The zero-order valence-electron chi connectivity index (χ0n) is 11.0. The zero-order chi connectivity index (χ0) is 11.6. The molecule has 4 nitrogen and oxygen atoms in total. The van der Waals surface area contributed by atoms with Crippen LogP contribution in [-0.4, -0.2) is 75.8 Å². The van der Waals surface area contributed by atoms with E-state index in [0.29, 0.717) is 0 Å². The van der Waals surface area contributed by atoms with Crippen LogP contribution in [0.3, 0.4) is 0 Å². The summed E-state index contributed by atoms with van der Waals surface area (Å²) in [6.07, 6.45) is 1.27. The van der Waals surface area contributed by atoms with Crippen LogP contribution in [0.25, 0.3) is 0 Å². The molecule has 1 aliphatic heterocycles. The molecule has 0 bridgehead atoms. The van der Waals surface area contributed by atoms with Crippen molar-refractivity contribution in [1.29, 1.82) is 0 Å². The highest BCUT2D eigenvalue weighted by Crippen LogP contribution is 1.99. The van der Waals surface area contributed by atoms with Crippen molar-refractivity contribution in [2.75, 3.05) is 66.0 Å². The largest absolute Gasteiger partial charge is 0.316 e. The molecular formula is C12H28N4. The Labute approximate surface area is 100 Å². The van der Waals surface area contributed by atoms with E-state index in [2.05, 4.69) is 34.4 Å². The molecule has 0 spiro atoms. The van der Waals surface area contributed by atoms with Crippen LogP contribution >= 0.6 is 0 Å². The predicted octanol–water partition coefficient (Wildman–Crippen LogP) is -0.177. The average Bonchev–Trinajstić information content (AvgIpc) is 2.30. The third-order valence-corrected chi connectivity index (χ3v) is 3.15. The summed E-state index contributed by atoms with van der Waals surface area (Å²) in [5.74, 6) is 0. The highest BCUT2D eigenvalue weighted by Gasteiger charge is 2.12. The second-order valence-corrected chi connectivity index (χ2v) is 4.60. The fourth-order valence-corrected chi connectivity index (χ4v) is 1.98. The van der Waals surface area contributed by atoms with Crippen molar-refractivity contribution in [1.82, 2.24) is 20.4 Å². The summed E-state index contributed by atoms with van der Waals surface area (Å²) in [6, 6.07) is 0. The third kappa shape index (κ3) is 6.43. The lowest BCUT2D eigenvalue weighted by atomic mass is 10.3. The van der Waals surface area contributed by atoms with Crippen molar-refractivity contribution in [3.63, 3.8) is 0 Å². The lowest BCUT2D eigenvalue weighted by Crippen LogP contribution is -2.45. The molecule has 1 saturated heterocycles. The van der Waals surface area contributed by atoms with Gasteiger partial charge in [-0.3, -0.25) is 0 Å². The Morgan fingerprint density at radius 2 is 1.62 bits per heavy atom. The number of nitrogens with zero attached hydrogens (tertiary/aromatic N) is 2. The number of nitrogens with one attached hydrogen (secondary N) is 2. The monoisotopic (exact) mass is 228 g/mol. The summed E-state index contributed by atoms with van der Waals surface area (Å²) in [6.45, 7) is 12.8. The molecule has 4 heteroatoms. The van der Waals surface area contributed by atoms with E-state index in [4.69, 9.17) is 0 Å². The minimum atomic E-state index is 1.07. The van der Waals surface area contributed by atoms with Crippen molar-refractivity contribution < 1.29 is 0 Å². The van der Waals surface area contributed by atoms with Crippen LogP contribution < -0.4 is 10.6 Å². The number of likely N-dealkylation sites (N-methyl/N-ethyl adjacent to an activating group) is 2. The molecule has 96 valence electrons. The van der Waals surface area contributed by atoms with E-state index in [1.54, 1.807) is 0 Å². The molecule has 1 rings (SSSR count). The first kappa shape index (κ1) is 13.9. The molecule has 0 aliphatic carbocycles. The molecule has 1 aliphatic rings. The van der Waals surface area contributed by atoms with E-state index in [-0.39, 0.29) is 0 Å². The molecule has 2 N–H and O–H groups in total. The van der Waals surface area contributed by atoms with Gasteiger partial charge in [0.05, 0.1) is 0 Å². The van der Waals surface area contributed by atoms with Gasteiger partial charge in [-0.1, -0.05) is 6.92 Å². The Balaban J connectivity index is 1.84. The quantitative estimate of drug-likeness (QED) is 0.565. The molecule has 0 unspecified atom stereocenters. The third-order valence-electron chi connectivity index (χ3n) is 3.15. The summed E-state index contributed by atoms with van der Waals surface area (Å²) >= 11 is 0. The summed E-state index contributed by atoms with van der Waals surface area (Å²) in [5.41, 5.74) is 0. The lowest BCUT2D eigenvalue weighted by molar-refractivity contribution is 0.153. The van der Waals surface area contributed by atoms with Gasteiger partial charge in [0.2, 0.25) is 0 Å². The molecule has 0 radical (unpaired) electrons. The molecule has 0 aromatic carbocycles. The topological polar surface area (TPSA) is 30.5 Å². The normalized spacial score (nSPS) is 19.1. The minimum absolute atomic E-state index is 1.07. The maximum atomic E-state index is 3.47. The van der Waals surface area contributed by atoms with Gasteiger partial charge in [-0.05, 0) is 33.1 Å². The van der Waals surface area contributed by atoms with Gasteiger partial charge in [-0.15, -0.1) is 0 Å². The lowest BCUT2D eigenvalue weighted by Gasteiger charge is -2.32. The van der Waals surface area contributed by atoms with Crippen LogP contribution in [0, 0.1) is 0 Å². The van der Waals surface area contributed by atoms with Gasteiger partial charge in [0, 0.05) is 39.3 Å². The Morgan fingerprint density at radius 3 is 2.31 bits per heavy atom. The first-order chi connectivity index (χ1) is 7.83. The van der Waals surface area contributed by atoms with E-state index in [1.807, 2.05) is 0 Å². The molecule has 0 amide bonds. The van der Waals surface area contributed by atoms with Crippen molar-refractivity contribution in [3.8, 4) is 0 Å². The maximum absolute atomic E-state index is 3.47. The van der Waals surface area contributed by atoms with E-state index in [0.717, 1.165) is 26.2 Å². The summed E-state index contributed by atoms with van der Waals surface area (Å²) in [7, 11) is 2.21. The smallest absolute Gasteiger partial charge is 0.0110 e. The molecule has 0 aromatic rings. The van der Waals surface area contributed by atoms with Crippen LogP contribution in [0.1, 0.15) is 13.3 Å². The van der Waals surface area contributed by atoms with Crippen molar-refractivity contribution in [3.05, 3.63) is 0 Å². The Hall–Kier alpha value is -0.160. The summed E-state index contributed by atoms with van der Waals surface area (Å²) < 4.78 is 0. The fraction of sp³-hybridized carbons (Fsp3) is 1.00. The molecule has 16 heavy (non-hydrogen) atoms. The van der Waals surface area contributed by atoms with Crippen molar-refractivity contribution >= 4 is 0 Å². The summed E-state index contributed by atoms with van der Waals surface area (Å²) in [4.78, 5) is 4.98. The SMILES string of the molecule is CCNCCNCCCN1CCN(C)CC1. The molecular weight excluding hydrogens is 200 g/mol. The van der Waals surface area contributed by atoms with Gasteiger partial charge in [0.15, 0.2) is 0 Å².